The standard InChI is InChI=1S/C25H30ClN5S/c1-18-7-4-5-9-22(18)17-31-20(3)24(19(2)28-31)27-25(32)30-13-11-29(12-14-30)16-21-8-6-10-23(26)15-21/h4-10,15H,11-14,16-17H2,1-3H3,(H,27,32). The molecule has 1 saturated heterocycles. The van der Waals surface area contributed by atoms with Crippen LogP contribution in [-0.2, 0) is 13.1 Å². The molecule has 7 heteroatoms. The summed E-state index contributed by atoms with van der Waals surface area (Å²) in [6.07, 6.45) is 0. The second kappa shape index (κ2) is 10.0. The molecule has 2 heterocycles. The molecule has 0 spiro atoms. The molecule has 0 bridgehead atoms. The number of anilines is 1. The molecule has 1 aliphatic heterocycles. The average Bonchev–Trinajstić information content (AvgIpc) is 3.03. The van der Waals surface area contributed by atoms with Gasteiger partial charge in [-0.3, -0.25) is 9.58 Å². The van der Waals surface area contributed by atoms with Gasteiger partial charge in [0.05, 0.1) is 23.6 Å². The van der Waals surface area contributed by atoms with E-state index in [1.54, 1.807) is 0 Å². The Morgan fingerprint density at radius 3 is 2.47 bits per heavy atom. The third-order valence-electron chi connectivity index (χ3n) is 6.15. The molecular weight excluding hydrogens is 438 g/mol. The molecule has 1 aliphatic rings. The lowest BCUT2D eigenvalue weighted by Gasteiger charge is -2.36. The largest absolute Gasteiger partial charge is 0.346 e. The second-order valence-electron chi connectivity index (χ2n) is 8.45. The molecular formula is C25H30ClN5S. The molecule has 1 fully saturated rings. The van der Waals surface area contributed by atoms with Gasteiger partial charge in [-0.15, -0.1) is 0 Å². The molecule has 0 atom stereocenters. The van der Waals surface area contributed by atoms with Crippen LogP contribution in [0.3, 0.4) is 0 Å². The number of hydrogen-bond acceptors (Lipinski definition) is 3. The van der Waals surface area contributed by atoms with E-state index in [2.05, 4.69) is 64.0 Å². The number of nitrogens with zero attached hydrogens (tertiary/aromatic N) is 4. The molecule has 3 aromatic rings. The van der Waals surface area contributed by atoms with E-state index in [0.717, 1.165) is 66.5 Å². The van der Waals surface area contributed by atoms with Crippen molar-refractivity contribution in [2.24, 2.45) is 0 Å². The molecule has 32 heavy (non-hydrogen) atoms. The molecule has 168 valence electrons. The van der Waals surface area contributed by atoms with Gasteiger partial charge in [0.2, 0.25) is 0 Å². The molecule has 1 N–H and O–H groups in total. The summed E-state index contributed by atoms with van der Waals surface area (Å²) in [5.74, 6) is 0. The van der Waals surface area contributed by atoms with Gasteiger partial charge in [0.15, 0.2) is 5.11 Å². The van der Waals surface area contributed by atoms with E-state index >= 15 is 0 Å². The highest BCUT2D eigenvalue weighted by Gasteiger charge is 2.21. The highest BCUT2D eigenvalue weighted by molar-refractivity contribution is 7.80. The van der Waals surface area contributed by atoms with E-state index in [0.29, 0.717) is 0 Å². The summed E-state index contributed by atoms with van der Waals surface area (Å²) in [5, 5.41) is 9.81. The van der Waals surface area contributed by atoms with Crippen LogP contribution in [0.25, 0.3) is 0 Å². The zero-order valence-electron chi connectivity index (χ0n) is 18.9. The Morgan fingerprint density at radius 1 is 1.00 bits per heavy atom. The topological polar surface area (TPSA) is 36.3 Å². The van der Waals surface area contributed by atoms with Gasteiger partial charge in [-0.2, -0.15) is 5.10 Å². The maximum atomic E-state index is 6.13. The van der Waals surface area contributed by atoms with Crippen LogP contribution in [0, 0.1) is 20.8 Å². The third-order valence-corrected chi connectivity index (χ3v) is 6.74. The summed E-state index contributed by atoms with van der Waals surface area (Å²) in [4.78, 5) is 4.70. The predicted molar refractivity (Wildman–Crippen MR) is 137 cm³/mol. The lowest BCUT2D eigenvalue weighted by molar-refractivity contribution is 0.177. The average molecular weight is 468 g/mol. The number of aryl methyl sites for hydroxylation is 2. The molecule has 4 rings (SSSR count). The first-order valence-corrected chi connectivity index (χ1v) is 11.8. The molecule has 1 aromatic heterocycles. The Hall–Kier alpha value is -2.41. The lowest BCUT2D eigenvalue weighted by atomic mass is 10.1. The molecule has 5 nitrogen and oxygen atoms in total. The van der Waals surface area contributed by atoms with Crippen molar-refractivity contribution >= 4 is 34.6 Å². The first-order valence-electron chi connectivity index (χ1n) is 11.0. The summed E-state index contributed by atoms with van der Waals surface area (Å²) in [5.41, 5.74) is 6.90. The van der Waals surface area contributed by atoms with Gasteiger partial charge in [-0.1, -0.05) is 48.0 Å². The van der Waals surface area contributed by atoms with E-state index in [-0.39, 0.29) is 0 Å². The van der Waals surface area contributed by atoms with E-state index in [1.165, 1.54) is 16.7 Å². The Labute approximate surface area is 201 Å². The first-order chi connectivity index (χ1) is 15.4. The summed E-state index contributed by atoms with van der Waals surface area (Å²) in [6, 6.07) is 16.5. The molecule has 2 aromatic carbocycles. The number of halogens is 1. The van der Waals surface area contributed by atoms with Gasteiger partial charge >= 0.3 is 0 Å². The van der Waals surface area contributed by atoms with Gasteiger partial charge < -0.3 is 10.2 Å². The van der Waals surface area contributed by atoms with Gasteiger partial charge in [-0.05, 0) is 61.8 Å². The highest BCUT2D eigenvalue weighted by atomic mass is 35.5. The van der Waals surface area contributed by atoms with Crippen molar-refractivity contribution in [3.8, 4) is 0 Å². The highest BCUT2D eigenvalue weighted by Crippen LogP contribution is 2.22. The molecule has 0 aliphatic carbocycles. The zero-order valence-corrected chi connectivity index (χ0v) is 20.5. The van der Waals surface area contributed by atoms with Crippen LogP contribution in [0.15, 0.2) is 48.5 Å². The van der Waals surface area contributed by atoms with Gasteiger partial charge in [0, 0.05) is 37.7 Å². The number of hydrogen-bond donors (Lipinski definition) is 1. The molecule has 0 saturated carbocycles. The fourth-order valence-electron chi connectivity index (χ4n) is 4.17. The van der Waals surface area contributed by atoms with Gasteiger partial charge in [-0.25, -0.2) is 0 Å². The van der Waals surface area contributed by atoms with Crippen molar-refractivity contribution in [2.45, 2.75) is 33.9 Å². The smallest absolute Gasteiger partial charge is 0.173 e. The fraction of sp³-hybridized carbons (Fsp3) is 0.360. The van der Waals surface area contributed by atoms with Crippen LogP contribution in [0.1, 0.15) is 28.1 Å². The van der Waals surface area contributed by atoms with Crippen LogP contribution in [0.5, 0.6) is 0 Å². The van der Waals surface area contributed by atoms with Crippen LogP contribution in [0.2, 0.25) is 5.02 Å². The number of nitrogens with one attached hydrogen (secondary N) is 1. The molecule has 0 amide bonds. The van der Waals surface area contributed by atoms with Crippen LogP contribution < -0.4 is 5.32 Å². The van der Waals surface area contributed by atoms with Crippen molar-refractivity contribution in [1.29, 1.82) is 0 Å². The maximum Gasteiger partial charge on any atom is 0.173 e. The maximum absolute atomic E-state index is 6.13. The second-order valence-corrected chi connectivity index (χ2v) is 9.28. The van der Waals surface area contributed by atoms with E-state index < -0.39 is 0 Å². The minimum Gasteiger partial charge on any atom is -0.346 e. The number of thiocarbonyl (C=S) groups is 1. The van der Waals surface area contributed by atoms with Gasteiger partial charge in [0.25, 0.3) is 0 Å². The predicted octanol–water partition coefficient (Wildman–Crippen LogP) is 5.02. The van der Waals surface area contributed by atoms with Gasteiger partial charge in [0.1, 0.15) is 0 Å². The Bertz CT molecular complexity index is 1100. The Balaban J connectivity index is 1.35. The fourth-order valence-corrected chi connectivity index (χ4v) is 4.67. The minimum atomic E-state index is 0.760. The Morgan fingerprint density at radius 2 is 1.75 bits per heavy atom. The van der Waals surface area contributed by atoms with Crippen molar-refractivity contribution in [2.75, 3.05) is 31.5 Å². The summed E-state index contributed by atoms with van der Waals surface area (Å²) < 4.78 is 2.06. The first kappa shape index (κ1) is 22.8. The van der Waals surface area contributed by atoms with Crippen molar-refractivity contribution in [1.82, 2.24) is 19.6 Å². The number of aromatic nitrogens is 2. The summed E-state index contributed by atoms with van der Waals surface area (Å²) >= 11 is 11.9. The third kappa shape index (κ3) is 5.31. The van der Waals surface area contributed by atoms with E-state index in [4.69, 9.17) is 28.9 Å². The lowest BCUT2D eigenvalue weighted by Crippen LogP contribution is -2.49. The number of rotatable bonds is 5. The number of benzene rings is 2. The normalized spacial score (nSPS) is 14.6. The van der Waals surface area contributed by atoms with Crippen LogP contribution >= 0.6 is 23.8 Å². The van der Waals surface area contributed by atoms with E-state index in [9.17, 15) is 0 Å². The van der Waals surface area contributed by atoms with Crippen LogP contribution in [0.4, 0.5) is 5.69 Å². The Kier molecular flexibility index (Phi) is 7.13. The van der Waals surface area contributed by atoms with E-state index in [1.807, 2.05) is 25.1 Å². The molecule has 0 radical (unpaired) electrons. The zero-order chi connectivity index (χ0) is 22.7. The van der Waals surface area contributed by atoms with Crippen molar-refractivity contribution in [3.05, 3.63) is 81.6 Å². The summed E-state index contributed by atoms with van der Waals surface area (Å²) in [6.45, 7) is 11.7. The molecule has 0 unspecified atom stereocenters. The minimum absolute atomic E-state index is 0.760. The summed E-state index contributed by atoms with van der Waals surface area (Å²) in [7, 11) is 0. The van der Waals surface area contributed by atoms with Crippen LogP contribution in [-0.4, -0.2) is 50.9 Å². The van der Waals surface area contributed by atoms with Crippen molar-refractivity contribution in [3.63, 3.8) is 0 Å². The van der Waals surface area contributed by atoms with Crippen molar-refractivity contribution < 1.29 is 0 Å². The monoisotopic (exact) mass is 467 g/mol. The number of piperazine rings is 1. The SMILES string of the molecule is Cc1ccccc1Cn1nc(C)c(NC(=S)N2CCN(Cc3cccc(Cl)c3)CC2)c1C. The quantitative estimate of drug-likeness (QED) is 0.533.